The fraction of sp³-hybridized carbons (Fsp3) is 0.125. The number of carbonyl (C=O) groups excluding carboxylic acids is 1. The lowest BCUT2D eigenvalue weighted by molar-refractivity contribution is 0.104. The molecule has 0 aliphatic heterocycles. The minimum Gasteiger partial charge on any atom is -0.465 e. The van der Waals surface area contributed by atoms with Crippen LogP contribution in [0.1, 0.15) is 16.1 Å². The maximum absolute atomic E-state index is 11.9. The highest BCUT2D eigenvalue weighted by Gasteiger charge is 2.01. The monoisotopic (exact) mass is 268 g/mol. The molecule has 0 radical (unpaired) electrons. The first-order valence-corrected chi connectivity index (χ1v) is 6.22. The Morgan fingerprint density at radius 2 is 1.95 bits per heavy atom. The Labute approximate surface area is 118 Å². The Morgan fingerprint density at radius 3 is 2.55 bits per heavy atom. The molecule has 4 nitrogen and oxygen atoms in total. The highest BCUT2D eigenvalue weighted by molar-refractivity contribution is 6.06. The van der Waals surface area contributed by atoms with Crippen LogP contribution in [-0.4, -0.2) is 31.1 Å². The molecule has 2 rings (SSSR count). The molecule has 1 aromatic carbocycles. The molecule has 102 valence electrons. The summed E-state index contributed by atoms with van der Waals surface area (Å²) in [5.41, 5.74) is 1.43. The van der Waals surface area contributed by atoms with Crippen LogP contribution in [0.2, 0.25) is 0 Å². The van der Waals surface area contributed by atoms with E-state index in [-0.39, 0.29) is 5.78 Å². The first-order chi connectivity index (χ1) is 9.65. The van der Waals surface area contributed by atoms with Crippen molar-refractivity contribution >= 4 is 23.9 Å². The van der Waals surface area contributed by atoms with E-state index < -0.39 is 0 Å². The number of carbonyl (C=O) groups is 1. The number of nitrogens with zero attached hydrogens (tertiary/aromatic N) is 2. The van der Waals surface area contributed by atoms with Gasteiger partial charge in [0.1, 0.15) is 5.76 Å². The summed E-state index contributed by atoms with van der Waals surface area (Å²) in [7, 11) is 3.81. The third kappa shape index (κ3) is 3.95. The van der Waals surface area contributed by atoms with Crippen molar-refractivity contribution in [1.29, 1.82) is 0 Å². The topological polar surface area (TPSA) is 45.8 Å². The molecule has 0 bridgehead atoms. The van der Waals surface area contributed by atoms with Crippen molar-refractivity contribution in [3.05, 3.63) is 60.1 Å². The average molecular weight is 268 g/mol. The molecule has 0 unspecified atom stereocenters. The van der Waals surface area contributed by atoms with E-state index in [1.54, 1.807) is 42.9 Å². The van der Waals surface area contributed by atoms with Gasteiger partial charge in [0.05, 0.1) is 18.3 Å². The molecule has 0 atom stereocenters. The molecule has 0 amide bonds. The summed E-state index contributed by atoms with van der Waals surface area (Å²) in [5.74, 6) is 0.593. The second-order valence-electron chi connectivity index (χ2n) is 4.47. The lowest BCUT2D eigenvalue weighted by Gasteiger charge is -2.02. The van der Waals surface area contributed by atoms with Crippen molar-refractivity contribution in [3.8, 4) is 0 Å². The number of rotatable bonds is 5. The first-order valence-electron chi connectivity index (χ1n) is 6.22. The molecule has 0 saturated carbocycles. The van der Waals surface area contributed by atoms with Crippen LogP contribution in [0, 0.1) is 0 Å². The minimum absolute atomic E-state index is 0.0652. The standard InChI is InChI=1S/C16H16N2O2/c1-18(2)12-17-14-7-5-13(6-8-14)16(19)10-9-15-4-3-11-20-15/h3-12H,1-2H3/b10-9+,17-12?. The van der Waals surface area contributed by atoms with Crippen LogP contribution in [0.3, 0.4) is 0 Å². The molecule has 4 heteroatoms. The number of allylic oxidation sites excluding steroid dienone is 1. The molecule has 0 N–H and O–H groups in total. The number of hydrogen-bond donors (Lipinski definition) is 0. The third-order valence-electron chi connectivity index (χ3n) is 2.53. The van der Waals surface area contributed by atoms with Crippen LogP contribution in [0.25, 0.3) is 6.08 Å². The molecular weight excluding hydrogens is 252 g/mol. The first kappa shape index (κ1) is 13.8. The van der Waals surface area contributed by atoms with E-state index in [1.807, 2.05) is 31.1 Å². The van der Waals surface area contributed by atoms with Gasteiger partial charge in [-0.1, -0.05) is 0 Å². The zero-order valence-electron chi connectivity index (χ0n) is 11.5. The van der Waals surface area contributed by atoms with Crippen LogP contribution in [-0.2, 0) is 0 Å². The average Bonchev–Trinajstić information content (AvgIpc) is 2.96. The van der Waals surface area contributed by atoms with Crippen molar-refractivity contribution in [2.75, 3.05) is 14.1 Å². The smallest absolute Gasteiger partial charge is 0.185 e. The van der Waals surface area contributed by atoms with E-state index in [2.05, 4.69) is 4.99 Å². The van der Waals surface area contributed by atoms with Crippen LogP contribution >= 0.6 is 0 Å². The maximum Gasteiger partial charge on any atom is 0.185 e. The molecule has 1 heterocycles. The largest absolute Gasteiger partial charge is 0.465 e. The second-order valence-corrected chi connectivity index (χ2v) is 4.47. The van der Waals surface area contributed by atoms with Crippen molar-refractivity contribution in [2.45, 2.75) is 0 Å². The number of aliphatic imine (C=N–C) groups is 1. The predicted molar refractivity (Wildman–Crippen MR) is 80.4 cm³/mol. The molecule has 20 heavy (non-hydrogen) atoms. The zero-order chi connectivity index (χ0) is 14.4. The van der Waals surface area contributed by atoms with Gasteiger partial charge in [-0.15, -0.1) is 0 Å². The summed E-state index contributed by atoms with van der Waals surface area (Å²) in [4.78, 5) is 18.0. The Kier molecular flexibility index (Phi) is 4.50. The van der Waals surface area contributed by atoms with Gasteiger partial charge in [0.25, 0.3) is 0 Å². The van der Waals surface area contributed by atoms with E-state index in [1.165, 1.54) is 6.08 Å². The zero-order valence-corrected chi connectivity index (χ0v) is 11.5. The van der Waals surface area contributed by atoms with Gasteiger partial charge in [-0.25, -0.2) is 4.99 Å². The summed E-state index contributed by atoms with van der Waals surface area (Å²) in [6, 6.07) is 10.7. The van der Waals surface area contributed by atoms with Gasteiger partial charge >= 0.3 is 0 Å². The number of ketones is 1. The van der Waals surface area contributed by atoms with Gasteiger partial charge in [0.2, 0.25) is 0 Å². The number of benzene rings is 1. The molecule has 0 aliphatic carbocycles. The van der Waals surface area contributed by atoms with E-state index in [0.29, 0.717) is 11.3 Å². The lowest BCUT2D eigenvalue weighted by atomic mass is 10.1. The highest BCUT2D eigenvalue weighted by atomic mass is 16.3. The summed E-state index contributed by atoms with van der Waals surface area (Å²) < 4.78 is 5.13. The van der Waals surface area contributed by atoms with Crippen LogP contribution in [0.15, 0.2) is 58.1 Å². The van der Waals surface area contributed by atoms with Crippen LogP contribution in [0.4, 0.5) is 5.69 Å². The second kappa shape index (κ2) is 6.52. The Hall–Kier alpha value is -2.62. The Bertz CT molecular complexity index is 608. The van der Waals surface area contributed by atoms with Gasteiger partial charge in [-0.3, -0.25) is 4.79 Å². The van der Waals surface area contributed by atoms with Gasteiger partial charge in [0, 0.05) is 19.7 Å². The van der Waals surface area contributed by atoms with Gasteiger partial charge < -0.3 is 9.32 Å². The third-order valence-corrected chi connectivity index (χ3v) is 2.53. The van der Waals surface area contributed by atoms with Crippen LogP contribution in [0.5, 0.6) is 0 Å². The van der Waals surface area contributed by atoms with Gasteiger partial charge in [-0.2, -0.15) is 0 Å². The maximum atomic E-state index is 11.9. The summed E-state index contributed by atoms with van der Waals surface area (Å²) in [6.07, 6.45) is 6.44. The minimum atomic E-state index is -0.0652. The fourth-order valence-electron chi connectivity index (χ4n) is 1.53. The molecular formula is C16H16N2O2. The quantitative estimate of drug-likeness (QED) is 0.361. The van der Waals surface area contributed by atoms with Crippen molar-refractivity contribution < 1.29 is 9.21 Å². The molecule has 1 aromatic heterocycles. The van der Waals surface area contributed by atoms with E-state index in [0.717, 1.165) is 5.69 Å². The Balaban J connectivity index is 2.04. The summed E-state index contributed by atoms with van der Waals surface area (Å²) in [6.45, 7) is 0. The SMILES string of the molecule is CN(C)C=Nc1ccc(C(=O)/C=C/c2ccco2)cc1. The Morgan fingerprint density at radius 1 is 1.20 bits per heavy atom. The normalized spacial score (nSPS) is 11.3. The number of furan rings is 1. The van der Waals surface area contributed by atoms with Gasteiger partial charge in [0.15, 0.2) is 5.78 Å². The highest BCUT2D eigenvalue weighted by Crippen LogP contribution is 2.14. The van der Waals surface area contributed by atoms with Crippen molar-refractivity contribution in [3.63, 3.8) is 0 Å². The van der Waals surface area contributed by atoms with Crippen LogP contribution < -0.4 is 0 Å². The summed E-state index contributed by atoms with van der Waals surface area (Å²) in [5, 5.41) is 0. The van der Waals surface area contributed by atoms with Crippen molar-refractivity contribution in [1.82, 2.24) is 4.90 Å². The molecule has 0 spiro atoms. The lowest BCUT2D eigenvalue weighted by Crippen LogP contribution is -2.06. The molecule has 0 aliphatic rings. The van der Waals surface area contributed by atoms with E-state index >= 15 is 0 Å². The molecule has 2 aromatic rings. The fourth-order valence-corrected chi connectivity index (χ4v) is 1.53. The molecule has 0 fully saturated rings. The predicted octanol–water partition coefficient (Wildman–Crippen LogP) is 3.40. The van der Waals surface area contributed by atoms with E-state index in [9.17, 15) is 4.79 Å². The van der Waals surface area contributed by atoms with Gasteiger partial charge in [-0.05, 0) is 48.6 Å². The van der Waals surface area contributed by atoms with Crippen molar-refractivity contribution in [2.24, 2.45) is 4.99 Å². The van der Waals surface area contributed by atoms with E-state index in [4.69, 9.17) is 4.42 Å². The summed E-state index contributed by atoms with van der Waals surface area (Å²) >= 11 is 0. The number of hydrogen-bond acceptors (Lipinski definition) is 3. The molecule has 0 saturated heterocycles.